The number of carboxylic acid groups (broad SMARTS) is 1. The second-order valence-corrected chi connectivity index (χ2v) is 8.02. The minimum absolute atomic E-state index is 0.162. The SMILES string of the molecule is COc1cc(/C=N/NC(=O)c2cc3ccccc3o2)c(Br)cc1OCc1ccc(C(=O)O)cc1. The van der Waals surface area contributed by atoms with Crippen molar-refractivity contribution in [2.75, 3.05) is 7.11 Å². The molecule has 0 aliphatic rings. The van der Waals surface area contributed by atoms with Crippen LogP contribution in [0.2, 0.25) is 0 Å². The van der Waals surface area contributed by atoms with Gasteiger partial charge < -0.3 is 19.0 Å². The lowest BCUT2D eigenvalue weighted by molar-refractivity contribution is 0.0696. The number of para-hydroxylation sites is 1. The predicted molar refractivity (Wildman–Crippen MR) is 130 cm³/mol. The van der Waals surface area contributed by atoms with Crippen LogP contribution in [0, 0.1) is 0 Å². The van der Waals surface area contributed by atoms with Crippen LogP contribution in [0.25, 0.3) is 11.0 Å². The molecule has 2 N–H and O–H groups in total. The molecule has 1 amide bonds. The van der Waals surface area contributed by atoms with E-state index >= 15 is 0 Å². The van der Waals surface area contributed by atoms with Gasteiger partial charge >= 0.3 is 11.9 Å². The van der Waals surface area contributed by atoms with Gasteiger partial charge in [0.25, 0.3) is 0 Å². The van der Waals surface area contributed by atoms with E-state index in [4.69, 9.17) is 19.0 Å². The zero-order valence-electron chi connectivity index (χ0n) is 17.9. The van der Waals surface area contributed by atoms with Crippen molar-refractivity contribution < 1.29 is 28.6 Å². The van der Waals surface area contributed by atoms with Crippen molar-refractivity contribution in [2.45, 2.75) is 6.61 Å². The van der Waals surface area contributed by atoms with Gasteiger partial charge in [-0.05, 0) is 57.9 Å². The fourth-order valence-electron chi connectivity index (χ4n) is 3.14. The Bertz CT molecular complexity index is 1350. The third-order valence-electron chi connectivity index (χ3n) is 4.90. The number of ether oxygens (including phenoxy) is 2. The molecule has 3 aromatic carbocycles. The summed E-state index contributed by atoms with van der Waals surface area (Å²) in [6.45, 7) is 0.226. The van der Waals surface area contributed by atoms with Gasteiger partial charge in [0.1, 0.15) is 12.2 Å². The molecule has 0 radical (unpaired) electrons. The van der Waals surface area contributed by atoms with E-state index in [1.807, 2.05) is 18.2 Å². The fraction of sp³-hybridized carbons (Fsp3) is 0.0800. The first kappa shape index (κ1) is 23.1. The number of rotatable bonds is 8. The maximum atomic E-state index is 12.3. The van der Waals surface area contributed by atoms with Gasteiger partial charge in [0.2, 0.25) is 0 Å². The highest BCUT2D eigenvalue weighted by molar-refractivity contribution is 9.10. The molecule has 34 heavy (non-hydrogen) atoms. The molecule has 0 unspecified atom stereocenters. The molecule has 8 nitrogen and oxygen atoms in total. The second kappa shape index (κ2) is 10.2. The molecule has 1 aromatic heterocycles. The molecule has 1 heterocycles. The van der Waals surface area contributed by atoms with Crippen molar-refractivity contribution in [3.8, 4) is 11.5 Å². The molecule has 0 bridgehead atoms. The number of furan rings is 1. The number of amides is 1. The third kappa shape index (κ3) is 5.26. The fourth-order valence-corrected chi connectivity index (χ4v) is 3.56. The number of methoxy groups -OCH3 is 1. The lowest BCUT2D eigenvalue weighted by Gasteiger charge is -2.13. The monoisotopic (exact) mass is 522 g/mol. The smallest absolute Gasteiger partial charge is 0.335 e. The van der Waals surface area contributed by atoms with Crippen molar-refractivity contribution in [1.82, 2.24) is 5.43 Å². The van der Waals surface area contributed by atoms with Gasteiger partial charge in [-0.15, -0.1) is 0 Å². The summed E-state index contributed by atoms with van der Waals surface area (Å²) in [4.78, 5) is 23.3. The molecule has 4 rings (SSSR count). The molecule has 0 spiro atoms. The summed E-state index contributed by atoms with van der Waals surface area (Å²) >= 11 is 3.47. The first-order valence-electron chi connectivity index (χ1n) is 10.1. The lowest BCUT2D eigenvalue weighted by atomic mass is 10.1. The number of halogens is 1. The number of carbonyl (C=O) groups excluding carboxylic acids is 1. The van der Waals surface area contributed by atoms with E-state index in [2.05, 4.69) is 26.5 Å². The van der Waals surface area contributed by atoms with Crippen LogP contribution < -0.4 is 14.9 Å². The van der Waals surface area contributed by atoms with Crippen LogP contribution >= 0.6 is 15.9 Å². The number of carboxylic acids is 1. The summed E-state index contributed by atoms with van der Waals surface area (Å²) in [5.74, 6) is -0.334. The summed E-state index contributed by atoms with van der Waals surface area (Å²) in [5, 5.41) is 13.8. The van der Waals surface area contributed by atoms with Crippen LogP contribution in [0.4, 0.5) is 0 Å². The van der Waals surface area contributed by atoms with Crippen LogP contribution in [-0.2, 0) is 6.61 Å². The van der Waals surface area contributed by atoms with Gasteiger partial charge in [0, 0.05) is 15.4 Å². The number of hydrogen-bond acceptors (Lipinski definition) is 6. The molecule has 0 aliphatic carbocycles. The average Bonchev–Trinajstić information content (AvgIpc) is 3.28. The minimum Gasteiger partial charge on any atom is -0.493 e. The number of fused-ring (bicyclic) bond motifs is 1. The molecule has 0 fully saturated rings. The van der Waals surface area contributed by atoms with Gasteiger partial charge in [0.15, 0.2) is 17.3 Å². The van der Waals surface area contributed by atoms with Crippen LogP contribution in [-0.4, -0.2) is 30.3 Å². The Hall–Kier alpha value is -4.11. The quantitative estimate of drug-likeness (QED) is 0.241. The Balaban J connectivity index is 1.42. The zero-order chi connectivity index (χ0) is 24.1. The largest absolute Gasteiger partial charge is 0.493 e. The molecule has 172 valence electrons. The number of nitrogens with one attached hydrogen (secondary N) is 1. The van der Waals surface area contributed by atoms with E-state index in [1.165, 1.54) is 25.5 Å². The highest BCUT2D eigenvalue weighted by Gasteiger charge is 2.13. The van der Waals surface area contributed by atoms with Gasteiger partial charge in [-0.3, -0.25) is 4.79 Å². The van der Waals surface area contributed by atoms with E-state index in [-0.39, 0.29) is 17.9 Å². The van der Waals surface area contributed by atoms with E-state index in [0.717, 1.165) is 10.9 Å². The summed E-state index contributed by atoms with van der Waals surface area (Å²) in [7, 11) is 1.52. The second-order valence-electron chi connectivity index (χ2n) is 7.16. The standard InChI is InChI=1S/C25H19BrN2O6/c1-32-21-11-18(13-27-28-24(29)23-10-17-4-2-3-5-20(17)34-23)19(26)12-22(21)33-14-15-6-8-16(9-7-15)25(30)31/h2-13H,14H2,1H3,(H,28,29)(H,30,31)/b27-13+. The van der Waals surface area contributed by atoms with E-state index in [1.54, 1.807) is 36.4 Å². The summed E-state index contributed by atoms with van der Waals surface area (Å²) in [6, 6.07) is 18.9. The molecule has 9 heteroatoms. The van der Waals surface area contributed by atoms with Gasteiger partial charge in [-0.2, -0.15) is 5.10 Å². The molecular weight excluding hydrogens is 504 g/mol. The average molecular weight is 523 g/mol. The van der Waals surface area contributed by atoms with Crippen LogP contribution in [0.15, 0.2) is 80.7 Å². The number of aromatic carboxylic acids is 1. The number of benzene rings is 3. The summed E-state index contributed by atoms with van der Waals surface area (Å²) < 4.78 is 17.5. The van der Waals surface area contributed by atoms with Crippen molar-refractivity contribution in [3.05, 3.63) is 93.7 Å². The van der Waals surface area contributed by atoms with Crippen molar-refractivity contribution in [1.29, 1.82) is 0 Å². The molecule has 0 aliphatic heterocycles. The maximum absolute atomic E-state index is 12.3. The van der Waals surface area contributed by atoms with E-state index in [0.29, 0.717) is 27.1 Å². The highest BCUT2D eigenvalue weighted by Crippen LogP contribution is 2.33. The Kier molecular flexibility index (Phi) is 6.93. The number of nitrogens with zero attached hydrogens (tertiary/aromatic N) is 1. The third-order valence-corrected chi connectivity index (χ3v) is 5.58. The molecule has 0 saturated heterocycles. The Morgan fingerprint density at radius 3 is 2.56 bits per heavy atom. The highest BCUT2D eigenvalue weighted by atomic mass is 79.9. The van der Waals surface area contributed by atoms with Crippen LogP contribution in [0.3, 0.4) is 0 Å². The maximum Gasteiger partial charge on any atom is 0.335 e. The van der Waals surface area contributed by atoms with Crippen LogP contribution in [0.1, 0.15) is 32.0 Å². The van der Waals surface area contributed by atoms with Crippen molar-refractivity contribution >= 4 is 45.0 Å². The lowest BCUT2D eigenvalue weighted by Crippen LogP contribution is -2.16. The summed E-state index contributed by atoms with van der Waals surface area (Å²) in [6.07, 6.45) is 1.47. The number of hydrogen-bond donors (Lipinski definition) is 2. The first-order valence-corrected chi connectivity index (χ1v) is 10.9. The van der Waals surface area contributed by atoms with E-state index in [9.17, 15) is 9.59 Å². The molecule has 0 atom stereocenters. The molecular formula is C25H19BrN2O6. The summed E-state index contributed by atoms with van der Waals surface area (Å²) in [5.41, 5.74) is 4.74. The first-order chi connectivity index (χ1) is 16.4. The zero-order valence-corrected chi connectivity index (χ0v) is 19.5. The Labute approximate surface area is 202 Å². The van der Waals surface area contributed by atoms with Crippen molar-refractivity contribution in [3.63, 3.8) is 0 Å². The topological polar surface area (TPSA) is 110 Å². The number of carbonyl (C=O) groups is 2. The van der Waals surface area contributed by atoms with E-state index < -0.39 is 11.9 Å². The number of hydrazone groups is 1. The van der Waals surface area contributed by atoms with Gasteiger partial charge in [-0.1, -0.05) is 30.3 Å². The Morgan fingerprint density at radius 2 is 1.85 bits per heavy atom. The normalized spacial score (nSPS) is 11.0. The van der Waals surface area contributed by atoms with Gasteiger partial charge in [0.05, 0.1) is 18.9 Å². The molecule has 0 saturated carbocycles. The van der Waals surface area contributed by atoms with Gasteiger partial charge in [-0.25, -0.2) is 10.2 Å². The molecule has 4 aromatic rings. The van der Waals surface area contributed by atoms with Crippen molar-refractivity contribution in [2.24, 2.45) is 5.10 Å². The van der Waals surface area contributed by atoms with Crippen LogP contribution in [0.5, 0.6) is 11.5 Å². The minimum atomic E-state index is -0.982. The predicted octanol–water partition coefficient (Wildman–Crippen LogP) is 5.25. The Morgan fingerprint density at radius 1 is 1.09 bits per heavy atom.